The second kappa shape index (κ2) is 9.68. The van der Waals surface area contributed by atoms with Gasteiger partial charge in [-0.2, -0.15) is 0 Å². The van der Waals surface area contributed by atoms with Gasteiger partial charge >= 0.3 is 6.03 Å². The van der Waals surface area contributed by atoms with Crippen molar-refractivity contribution in [1.29, 1.82) is 0 Å². The number of urea groups is 1. The molecule has 0 aliphatic carbocycles. The fourth-order valence-corrected chi connectivity index (χ4v) is 3.80. The third kappa shape index (κ3) is 5.37. The molecule has 0 saturated heterocycles. The molecule has 0 fully saturated rings. The second-order valence-corrected chi connectivity index (χ2v) is 8.22. The number of anilines is 2. The Labute approximate surface area is 194 Å². The van der Waals surface area contributed by atoms with Gasteiger partial charge in [0.25, 0.3) is 0 Å². The van der Waals surface area contributed by atoms with E-state index in [0.717, 1.165) is 5.56 Å². The van der Waals surface area contributed by atoms with E-state index in [4.69, 9.17) is 11.6 Å². The standard InChI is InChI=1S/C23H22ClF2N5O2/c1-13(32)21(14-2-7-19(26)18(24)10-14)30-23(33)31-9-8-15-11-27-22(29-20(15)12-31)28-17-5-3-16(25)4-6-17/h2-7,10-11,13,21,32H,8-9,12H2,1H3,(H,30,33)(H,27,28,29). The van der Waals surface area contributed by atoms with Crippen molar-refractivity contribution in [3.63, 3.8) is 0 Å². The molecule has 1 aromatic heterocycles. The van der Waals surface area contributed by atoms with Crippen LogP contribution in [0.2, 0.25) is 5.02 Å². The van der Waals surface area contributed by atoms with Crippen LogP contribution in [0.3, 0.4) is 0 Å². The quantitative estimate of drug-likeness (QED) is 0.513. The number of amides is 2. The molecule has 3 aromatic rings. The first-order valence-corrected chi connectivity index (χ1v) is 10.7. The molecule has 2 heterocycles. The van der Waals surface area contributed by atoms with Crippen LogP contribution in [0.4, 0.5) is 25.2 Å². The number of carbonyl (C=O) groups is 1. The number of carbonyl (C=O) groups excluding carboxylic acids is 1. The predicted octanol–water partition coefficient (Wildman–Crippen LogP) is 4.34. The summed E-state index contributed by atoms with van der Waals surface area (Å²) in [5, 5.41) is 15.9. The van der Waals surface area contributed by atoms with Crippen LogP contribution in [0, 0.1) is 11.6 Å². The van der Waals surface area contributed by atoms with Gasteiger partial charge in [0.1, 0.15) is 11.6 Å². The van der Waals surface area contributed by atoms with Crippen molar-refractivity contribution in [2.24, 2.45) is 0 Å². The van der Waals surface area contributed by atoms with Crippen LogP contribution < -0.4 is 10.6 Å². The lowest BCUT2D eigenvalue weighted by Crippen LogP contribution is -2.46. The van der Waals surface area contributed by atoms with E-state index in [-0.39, 0.29) is 17.4 Å². The van der Waals surface area contributed by atoms with E-state index in [1.54, 1.807) is 23.2 Å². The monoisotopic (exact) mass is 473 g/mol. The molecule has 10 heteroatoms. The summed E-state index contributed by atoms with van der Waals surface area (Å²) in [6.07, 6.45) is 1.35. The summed E-state index contributed by atoms with van der Waals surface area (Å²) in [5.74, 6) is -0.578. The Bertz CT molecular complexity index is 1160. The Hall–Kier alpha value is -3.30. The molecule has 4 rings (SSSR count). The molecule has 0 radical (unpaired) electrons. The van der Waals surface area contributed by atoms with Crippen molar-refractivity contribution >= 4 is 29.3 Å². The average Bonchev–Trinajstić information content (AvgIpc) is 2.80. The number of nitrogens with one attached hydrogen (secondary N) is 2. The van der Waals surface area contributed by atoms with Crippen molar-refractivity contribution < 1.29 is 18.7 Å². The van der Waals surface area contributed by atoms with Crippen molar-refractivity contribution in [3.05, 3.63) is 82.1 Å². The van der Waals surface area contributed by atoms with Gasteiger partial charge in [0.2, 0.25) is 5.95 Å². The van der Waals surface area contributed by atoms with Crippen molar-refractivity contribution in [1.82, 2.24) is 20.2 Å². The first kappa shape index (κ1) is 22.9. The van der Waals surface area contributed by atoms with Crippen LogP contribution in [0.5, 0.6) is 0 Å². The summed E-state index contributed by atoms with van der Waals surface area (Å²) in [6, 6.07) is 8.73. The molecule has 2 amide bonds. The van der Waals surface area contributed by atoms with Gasteiger partial charge in [-0.1, -0.05) is 17.7 Å². The molecule has 1 aliphatic heterocycles. The van der Waals surface area contributed by atoms with Crippen LogP contribution in [0.25, 0.3) is 0 Å². The van der Waals surface area contributed by atoms with Gasteiger partial charge in [-0.25, -0.2) is 23.5 Å². The van der Waals surface area contributed by atoms with E-state index in [0.29, 0.717) is 35.9 Å². The number of aliphatic hydroxyl groups excluding tert-OH is 1. The predicted molar refractivity (Wildman–Crippen MR) is 120 cm³/mol. The number of benzene rings is 2. The molecule has 33 heavy (non-hydrogen) atoms. The molecule has 0 saturated carbocycles. The van der Waals surface area contributed by atoms with Gasteiger partial charge in [-0.05, 0) is 60.9 Å². The Kier molecular flexibility index (Phi) is 6.71. The summed E-state index contributed by atoms with van der Waals surface area (Å²) in [6.45, 7) is 2.23. The normalized spacial score (nSPS) is 14.9. The number of hydrogen-bond donors (Lipinski definition) is 3. The van der Waals surface area contributed by atoms with Gasteiger partial charge < -0.3 is 20.6 Å². The van der Waals surface area contributed by atoms with Crippen LogP contribution in [-0.4, -0.2) is 38.7 Å². The van der Waals surface area contributed by atoms with Crippen LogP contribution in [0.1, 0.15) is 29.8 Å². The number of fused-ring (bicyclic) bond motifs is 1. The smallest absolute Gasteiger partial charge is 0.318 e. The van der Waals surface area contributed by atoms with E-state index in [1.807, 2.05) is 0 Å². The summed E-state index contributed by atoms with van der Waals surface area (Å²) in [7, 11) is 0. The van der Waals surface area contributed by atoms with Crippen molar-refractivity contribution in [2.75, 3.05) is 11.9 Å². The molecular formula is C23H22ClF2N5O2. The lowest BCUT2D eigenvalue weighted by molar-refractivity contribution is 0.134. The SMILES string of the molecule is CC(O)C(NC(=O)N1CCc2cnc(Nc3ccc(F)cc3)nc2C1)c1ccc(F)c(Cl)c1. The molecule has 3 N–H and O–H groups in total. The highest BCUT2D eigenvalue weighted by Gasteiger charge is 2.27. The van der Waals surface area contributed by atoms with E-state index < -0.39 is 24.0 Å². The fraction of sp³-hybridized carbons (Fsp3) is 0.261. The Balaban J connectivity index is 1.47. The maximum atomic E-state index is 13.5. The third-order valence-electron chi connectivity index (χ3n) is 5.40. The van der Waals surface area contributed by atoms with Gasteiger partial charge in [0, 0.05) is 18.4 Å². The van der Waals surface area contributed by atoms with Gasteiger partial charge in [0.15, 0.2) is 0 Å². The number of rotatable bonds is 5. The highest BCUT2D eigenvalue weighted by atomic mass is 35.5. The molecular weight excluding hydrogens is 452 g/mol. The van der Waals surface area contributed by atoms with E-state index in [2.05, 4.69) is 20.6 Å². The minimum absolute atomic E-state index is 0.0859. The largest absolute Gasteiger partial charge is 0.391 e. The topological polar surface area (TPSA) is 90.4 Å². The number of halogens is 3. The minimum atomic E-state index is -0.929. The number of nitrogens with zero attached hydrogens (tertiary/aromatic N) is 3. The molecule has 2 aromatic carbocycles. The van der Waals surface area contributed by atoms with E-state index in [9.17, 15) is 18.7 Å². The van der Waals surface area contributed by atoms with Gasteiger partial charge in [0.05, 0.1) is 29.4 Å². The van der Waals surface area contributed by atoms with Crippen molar-refractivity contribution in [2.45, 2.75) is 32.0 Å². The van der Waals surface area contributed by atoms with Crippen molar-refractivity contribution in [3.8, 4) is 0 Å². The Morgan fingerprint density at radius 2 is 1.97 bits per heavy atom. The summed E-state index contributed by atoms with van der Waals surface area (Å²) in [4.78, 5) is 23.3. The van der Waals surface area contributed by atoms with Gasteiger partial charge in [-0.3, -0.25) is 0 Å². The van der Waals surface area contributed by atoms with Crippen LogP contribution in [0.15, 0.2) is 48.7 Å². The zero-order valence-corrected chi connectivity index (χ0v) is 18.5. The highest BCUT2D eigenvalue weighted by molar-refractivity contribution is 6.30. The molecule has 172 valence electrons. The zero-order valence-electron chi connectivity index (χ0n) is 17.7. The molecule has 2 atom stereocenters. The van der Waals surface area contributed by atoms with Crippen LogP contribution in [-0.2, 0) is 13.0 Å². The van der Waals surface area contributed by atoms with E-state index >= 15 is 0 Å². The zero-order chi connectivity index (χ0) is 23.5. The van der Waals surface area contributed by atoms with Gasteiger partial charge in [-0.15, -0.1) is 0 Å². The molecule has 7 nitrogen and oxygen atoms in total. The van der Waals surface area contributed by atoms with Crippen LogP contribution >= 0.6 is 11.6 Å². The lowest BCUT2D eigenvalue weighted by atomic mass is 10.0. The molecule has 0 spiro atoms. The molecule has 0 bridgehead atoms. The Morgan fingerprint density at radius 3 is 2.67 bits per heavy atom. The summed E-state index contributed by atoms with van der Waals surface area (Å²) >= 11 is 5.87. The molecule has 1 aliphatic rings. The first-order chi connectivity index (χ1) is 15.8. The maximum absolute atomic E-state index is 13.5. The second-order valence-electron chi connectivity index (χ2n) is 7.81. The number of hydrogen-bond acceptors (Lipinski definition) is 5. The maximum Gasteiger partial charge on any atom is 0.318 e. The number of aromatic nitrogens is 2. The highest BCUT2D eigenvalue weighted by Crippen LogP contribution is 2.25. The number of aliphatic hydroxyl groups is 1. The van der Waals surface area contributed by atoms with E-state index in [1.165, 1.54) is 37.3 Å². The molecule has 2 unspecified atom stereocenters. The first-order valence-electron chi connectivity index (χ1n) is 10.4. The summed E-state index contributed by atoms with van der Waals surface area (Å²) < 4.78 is 26.6. The minimum Gasteiger partial charge on any atom is -0.391 e. The Morgan fingerprint density at radius 1 is 1.21 bits per heavy atom. The average molecular weight is 474 g/mol. The summed E-state index contributed by atoms with van der Waals surface area (Å²) in [5.41, 5.74) is 2.75. The third-order valence-corrected chi connectivity index (χ3v) is 5.69. The fourth-order valence-electron chi connectivity index (χ4n) is 3.61. The lowest BCUT2D eigenvalue weighted by Gasteiger charge is -2.31.